The van der Waals surface area contributed by atoms with Crippen LogP contribution >= 0.6 is 15.9 Å². The molecule has 0 saturated heterocycles. The summed E-state index contributed by atoms with van der Waals surface area (Å²) < 4.78 is 0.985. The number of hydrogen-bond acceptors (Lipinski definition) is 3. The lowest BCUT2D eigenvalue weighted by atomic mass is 10.1. The zero-order valence-corrected chi connectivity index (χ0v) is 15.1. The van der Waals surface area contributed by atoms with E-state index in [1.807, 2.05) is 42.5 Å². The lowest BCUT2D eigenvalue weighted by Crippen LogP contribution is -2.37. The van der Waals surface area contributed by atoms with E-state index >= 15 is 0 Å². The highest BCUT2D eigenvalue weighted by Crippen LogP contribution is 2.10. The molecule has 0 fully saturated rings. The topological polar surface area (TPSA) is 62.3 Å². The van der Waals surface area contributed by atoms with E-state index in [0.29, 0.717) is 26.1 Å². The standard InChI is InChI=1S/C18H20BrN3O2/c1-14(23)22(13-17-4-2-3-9-20-17)11-10-21-18(24)12-15-5-7-16(19)8-6-15/h2-9H,10-13H2,1H3,(H,21,24). The third-order valence-electron chi connectivity index (χ3n) is 3.51. The van der Waals surface area contributed by atoms with Gasteiger partial charge in [-0.3, -0.25) is 14.6 Å². The Morgan fingerprint density at radius 3 is 2.54 bits per heavy atom. The van der Waals surface area contributed by atoms with Gasteiger partial charge in [-0.2, -0.15) is 0 Å². The quantitative estimate of drug-likeness (QED) is 0.791. The average Bonchev–Trinajstić information content (AvgIpc) is 2.57. The average molecular weight is 390 g/mol. The van der Waals surface area contributed by atoms with Crippen LogP contribution in [0.2, 0.25) is 0 Å². The summed E-state index contributed by atoms with van der Waals surface area (Å²) in [5, 5.41) is 2.85. The van der Waals surface area contributed by atoms with Crippen molar-refractivity contribution in [3.63, 3.8) is 0 Å². The fourth-order valence-corrected chi connectivity index (χ4v) is 2.48. The molecule has 6 heteroatoms. The summed E-state index contributed by atoms with van der Waals surface area (Å²) in [6.07, 6.45) is 2.03. The highest BCUT2D eigenvalue weighted by atomic mass is 79.9. The van der Waals surface area contributed by atoms with Crippen LogP contribution in [0.4, 0.5) is 0 Å². The van der Waals surface area contributed by atoms with E-state index in [9.17, 15) is 9.59 Å². The maximum atomic E-state index is 12.0. The molecule has 0 aliphatic rings. The molecule has 5 nitrogen and oxygen atoms in total. The summed E-state index contributed by atoms with van der Waals surface area (Å²) in [5.41, 5.74) is 1.78. The van der Waals surface area contributed by atoms with Crippen LogP contribution in [0.1, 0.15) is 18.2 Å². The number of nitrogens with zero attached hydrogens (tertiary/aromatic N) is 2. The van der Waals surface area contributed by atoms with E-state index in [2.05, 4.69) is 26.2 Å². The summed E-state index contributed by atoms with van der Waals surface area (Å²) in [4.78, 5) is 29.6. The molecule has 0 aliphatic heterocycles. The summed E-state index contributed by atoms with van der Waals surface area (Å²) in [7, 11) is 0. The molecule has 1 N–H and O–H groups in total. The van der Waals surface area contributed by atoms with Crippen molar-refractivity contribution in [2.45, 2.75) is 19.9 Å². The number of hydrogen-bond donors (Lipinski definition) is 1. The van der Waals surface area contributed by atoms with Crippen LogP contribution in [-0.2, 0) is 22.6 Å². The first kappa shape index (κ1) is 18.1. The van der Waals surface area contributed by atoms with Crippen molar-refractivity contribution < 1.29 is 9.59 Å². The molecule has 0 saturated carbocycles. The van der Waals surface area contributed by atoms with Crippen molar-refractivity contribution in [3.8, 4) is 0 Å². The minimum atomic E-state index is -0.0568. The summed E-state index contributed by atoms with van der Waals surface area (Å²) in [5.74, 6) is -0.0959. The normalized spacial score (nSPS) is 10.2. The monoisotopic (exact) mass is 389 g/mol. The number of pyridine rings is 1. The SMILES string of the molecule is CC(=O)N(CCNC(=O)Cc1ccc(Br)cc1)Cc1ccccn1. The molecule has 0 spiro atoms. The molecule has 2 rings (SSSR count). The molecule has 1 aromatic carbocycles. The number of halogens is 1. The Hall–Kier alpha value is -2.21. The zero-order chi connectivity index (χ0) is 17.4. The molecule has 2 aromatic rings. The molecular formula is C18H20BrN3O2. The second kappa shape index (κ2) is 9.17. The zero-order valence-electron chi connectivity index (χ0n) is 13.5. The number of carbonyl (C=O) groups is 2. The van der Waals surface area contributed by atoms with Gasteiger partial charge in [0.25, 0.3) is 0 Å². The lowest BCUT2D eigenvalue weighted by Gasteiger charge is -2.20. The fraction of sp³-hybridized carbons (Fsp3) is 0.278. The Morgan fingerprint density at radius 2 is 1.92 bits per heavy atom. The molecule has 0 radical (unpaired) electrons. The van der Waals surface area contributed by atoms with Gasteiger partial charge in [0.2, 0.25) is 11.8 Å². The maximum absolute atomic E-state index is 12.0. The van der Waals surface area contributed by atoms with Crippen molar-refractivity contribution >= 4 is 27.7 Å². The van der Waals surface area contributed by atoms with Crippen LogP contribution in [0.25, 0.3) is 0 Å². The lowest BCUT2D eigenvalue weighted by molar-refractivity contribution is -0.130. The van der Waals surface area contributed by atoms with Gasteiger partial charge < -0.3 is 10.2 Å². The summed E-state index contributed by atoms with van der Waals surface area (Å²) in [6, 6.07) is 13.2. The van der Waals surface area contributed by atoms with E-state index in [1.165, 1.54) is 6.92 Å². The van der Waals surface area contributed by atoms with Gasteiger partial charge in [0.05, 0.1) is 18.7 Å². The van der Waals surface area contributed by atoms with Crippen molar-refractivity contribution in [1.29, 1.82) is 0 Å². The molecule has 0 bridgehead atoms. The number of nitrogens with one attached hydrogen (secondary N) is 1. The second-order valence-corrected chi connectivity index (χ2v) is 6.33. The van der Waals surface area contributed by atoms with Crippen LogP contribution in [0.5, 0.6) is 0 Å². The van der Waals surface area contributed by atoms with Gasteiger partial charge in [-0.25, -0.2) is 0 Å². The van der Waals surface area contributed by atoms with E-state index in [1.54, 1.807) is 11.1 Å². The minimum Gasteiger partial charge on any atom is -0.354 e. The van der Waals surface area contributed by atoms with Gasteiger partial charge in [0, 0.05) is 30.7 Å². The molecule has 2 amide bonds. The van der Waals surface area contributed by atoms with Crippen LogP contribution in [0, 0.1) is 0 Å². The Balaban J connectivity index is 1.78. The molecule has 0 atom stereocenters. The predicted octanol–water partition coefficient (Wildman–Crippen LogP) is 2.55. The third kappa shape index (κ3) is 6.12. The Bertz CT molecular complexity index is 674. The maximum Gasteiger partial charge on any atom is 0.224 e. The number of rotatable bonds is 7. The van der Waals surface area contributed by atoms with Gasteiger partial charge in [-0.15, -0.1) is 0 Å². The van der Waals surface area contributed by atoms with Crippen LogP contribution in [-0.4, -0.2) is 34.8 Å². The van der Waals surface area contributed by atoms with Crippen molar-refractivity contribution in [3.05, 3.63) is 64.4 Å². The molecule has 1 aromatic heterocycles. The summed E-state index contributed by atoms with van der Waals surface area (Å²) >= 11 is 3.37. The Kier molecular flexibility index (Phi) is 6.93. The molecule has 126 valence electrons. The summed E-state index contributed by atoms with van der Waals surface area (Å²) in [6.45, 7) is 2.84. The predicted molar refractivity (Wildman–Crippen MR) is 96.2 cm³/mol. The van der Waals surface area contributed by atoms with Gasteiger partial charge in [0.1, 0.15) is 0 Å². The van der Waals surface area contributed by atoms with Crippen molar-refractivity contribution in [2.24, 2.45) is 0 Å². The van der Waals surface area contributed by atoms with Gasteiger partial charge >= 0.3 is 0 Å². The highest BCUT2D eigenvalue weighted by molar-refractivity contribution is 9.10. The van der Waals surface area contributed by atoms with Gasteiger partial charge in [-0.05, 0) is 29.8 Å². The first-order valence-corrected chi connectivity index (χ1v) is 8.50. The van der Waals surface area contributed by atoms with Crippen molar-refractivity contribution in [2.75, 3.05) is 13.1 Å². The van der Waals surface area contributed by atoms with Gasteiger partial charge in [-0.1, -0.05) is 34.1 Å². The molecule has 0 aliphatic carbocycles. The van der Waals surface area contributed by atoms with E-state index in [0.717, 1.165) is 15.7 Å². The minimum absolute atomic E-state index is 0.0391. The molecule has 24 heavy (non-hydrogen) atoms. The highest BCUT2D eigenvalue weighted by Gasteiger charge is 2.10. The fourth-order valence-electron chi connectivity index (χ4n) is 2.22. The number of benzene rings is 1. The van der Waals surface area contributed by atoms with Crippen LogP contribution in [0.3, 0.4) is 0 Å². The number of carbonyl (C=O) groups excluding carboxylic acids is 2. The Morgan fingerprint density at radius 1 is 1.17 bits per heavy atom. The number of amides is 2. The third-order valence-corrected chi connectivity index (χ3v) is 4.03. The smallest absolute Gasteiger partial charge is 0.224 e. The van der Waals surface area contributed by atoms with Crippen LogP contribution in [0.15, 0.2) is 53.1 Å². The Labute approximate surface area is 150 Å². The molecular weight excluding hydrogens is 370 g/mol. The molecule has 0 unspecified atom stereocenters. The first-order chi connectivity index (χ1) is 11.5. The first-order valence-electron chi connectivity index (χ1n) is 7.71. The molecule has 1 heterocycles. The van der Waals surface area contributed by atoms with E-state index < -0.39 is 0 Å². The van der Waals surface area contributed by atoms with Gasteiger partial charge in [0.15, 0.2) is 0 Å². The van der Waals surface area contributed by atoms with Crippen LogP contribution < -0.4 is 5.32 Å². The largest absolute Gasteiger partial charge is 0.354 e. The van der Waals surface area contributed by atoms with E-state index in [-0.39, 0.29) is 11.8 Å². The number of aromatic nitrogens is 1. The van der Waals surface area contributed by atoms with E-state index in [4.69, 9.17) is 0 Å². The second-order valence-electron chi connectivity index (χ2n) is 5.41. The van der Waals surface area contributed by atoms with Crippen molar-refractivity contribution in [1.82, 2.24) is 15.2 Å².